The SMILES string of the molecule is CN(Cc1ncn[nH]1)C(=O)C1(C#N)CCOCC1. The lowest BCUT2D eigenvalue weighted by molar-refractivity contribution is -0.142. The van der Waals surface area contributed by atoms with Crippen LogP contribution in [-0.4, -0.2) is 46.2 Å². The summed E-state index contributed by atoms with van der Waals surface area (Å²) in [4.78, 5) is 17.8. The van der Waals surface area contributed by atoms with Crippen molar-refractivity contribution in [3.8, 4) is 6.07 Å². The van der Waals surface area contributed by atoms with Crippen LogP contribution in [-0.2, 0) is 16.1 Å². The molecule has 0 aromatic carbocycles. The molecule has 1 aliphatic rings. The van der Waals surface area contributed by atoms with E-state index in [0.717, 1.165) is 0 Å². The van der Waals surface area contributed by atoms with E-state index in [9.17, 15) is 10.1 Å². The quantitative estimate of drug-likeness (QED) is 0.818. The third kappa shape index (κ3) is 2.33. The monoisotopic (exact) mass is 249 g/mol. The lowest BCUT2D eigenvalue weighted by atomic mass is 9.80. The number of carbonyl (C=O) groups is 1. The molecule has 1 amide bonds. The predicted molar refractivity (Wildman–Crippen MR) is 61.0 cm³/mol. The molecular formula is C11H15N5O2. The zero-order valence-corrected chi connectivity index (χ0v) is 10.2. The molecule has 7 heteroatoms. The maximum atomic E-state index is 12.4. The van der Waals surface area contributed by atoms with Gasteiger partial charge in [0.2, 0.25) is 5.91 Å². The second-order valence-corrected chi connectivity index (χ2v) is 4.40. The fourth-order valence-electron chi connectivity index (χ4n) is 2.06. The van der Waals surface area contributed by atoms with Gasteiger partial charge >= 0.3 is 0 Å². The maximum Gasteiger partial charge on any atom is 0.243 e. The van der Waals surface area contributed by atoms with Crippen molar-refractivity contribution in [3.05, 3.63) is 12.2 Å². The van der Waals surface area contributed by atoms with Gasteiger partial charge in [0.15, 0.2) is 0 Å². The third-order valence-electron chi connectivity index (χ3n) is 3.17. The number of hydrogen-bond acceptors (Lipinski definition) is 5. The fourth-order valence-corrected chi connectivity index (χ4v) is 2.06. The normalized spacial score (nSPS) is 18.0. The first-order chi connectivity index (χ1) is 8.68. The van der Waals surface area contributed by atoms with Gasteiger partial charge in [-0.2, -0.15) is 10.4 Å². The van der Waals surface area contributed by atoms with Crippen molar-refractivity contribution in [2.45, 2.75) is 19.4 Å². The minimum atomic E-state index is -0.951. The van der Waals surface area contributed by atoms with Crippen LogP contribution in [0.5, 0.6) is 0 Å². The third-order valence-corrected chi connectivity index (χ3v) is 3.17. The molecule has 0 bridgehead atoms. The van der Waals surface area contributed by atoms with Crippen molar-refractivity contribution in [2.75, 3.05) is 20.3 Å². The van der Waals surface area contributed by atoms with Gasteiger partial charge in [0.05, 0.1) is 12.6 Å². The Balaban J connectivity index is 2.07. The highest BCUT2D eigenvalue weighted by molar-refractivity contribution is 5.85. The van der Waals surface area contributed by atoms with Gasteiger partial charge in [-0.15, -0.1) is 0 Å². The van der Waals surface area contributed by atoms with E-state index < -0.39 is 5.41 Å². The minimum Gasteiger partial charge on any atom is -0.381 e. The van der Waals surface area contributed by atoms with Gasteiger partial charge in [-0.05, 0) is 12.8 Å². The highest BCUT2D eigenvalue weighted by atomic mass is 16.5. The van der Waals surface area contributed by atoms with E-state index in [2.05, 4.69) is 21.3 Å². The van der Waals surface area contributed by atoms with Crippen molar-refractivity contribution >= 4 is 5.91 Å². The Morgan fingerprint density at radius 1 is 1.67 bits per heavy atom. The van der Waals surface area contributed by atoms with E-state index in [0.29, 0.717) is 38.4 Å². The largest absolute Gasteiger partial charge is 0.381 e. The summed E-state index contributed by atoms with van der Waals surface area (Å²) in [6.07, 6.45) is 2.29. The smallest absolute Gasteiger partial charge is 0.243 e. The first-order valence-corrected chi connectivity index (χ1v) is 5.77. The number of rotatable bonds is 3. The summed E-state index contributed by atoms with van der Waals surface area (Å²) in [6.45, 7) is 1.23. The number of carbonyl (C=O) groups excluding carboxylic acids is 1. The fraction of sp³-hybridized carbons (Fsp3) is 0.636. The number of hydrogen-bond donors (Lipinski definition) is 1. The Kier molecular flexibility index (Phi) is 3.58. The Hall–Kier alpha value is -1.94. The van der Waals surface area contributed by atoms with E-state index in [1.165, 1.54) is 11.2 Å². The van der Waals surface area contributed by atoms with Gasteiger partial charge in [-0.1, -0.05) is 0 Å². The molecule has 0 unspecified atom stereocenters. The molecule has 1 N–H and O–H groups in total. The van der Waals surface area contributed by atoms with Crippen LogP contribution >= 0.6 is 0 Å². The van der Waals surface area contributed by atoms with E-state index in [4.69, 9.17) is 4.74 Å². The number of nitrogens with zero attached hydrogens (tertiary/aromatic N) is 4. The number of H-pyrrole nitrogens is 1. The Bertz CT molecular complexity index is 444. The molecule has 0 atom stereocenters. The number of amides is 1. The highest BCUT2D eigenvalue weighted by Crippen LogP contribution is 2.31. The first-order valence-electron chi connectivity index (χ1n) is 5.77. The van der Waals surface area contributed by atoms with Crippen molar-refractivity contribution in [1.29, 1.82) is 5.26 Å². The molecule has 7 nitrogen and oxygen atoms in total. The van der Waals surface area contributed by atoms with Crippen molar-refractivity contribution < 1.29 is 9.53 Å². The average Bonchev–Trinajstić information content (AvgIpc) is 2.91. The molecule has 0 spiro atoms. The van der Waals surface area contributed by atoms with Crippen molar-refractivity contribution in [3.63, 3.8) is 0 Å². The zero-order chi connectivity index (χ0) is 13.0. The Labute approximate surface area is 105 Å². The number of nitriles is 1. The minimum absolute atomic E-state index is 0.176. The standard InChI is InChI=1S/C11H15N5O2/c1-16(6-9-13-8-14-15-9)10(17)11(7-12)2-4-18-5-3-11/h8H,2-6H2,1H3,(H,13,14,15). The molecule has 1 aliphatic heterocycles. The number of ether oxygens (including phenoxy) is 1. The molecule has 1 fully saturated rings. The molecule has 0 saturated carbocycles. The molecule has 1 aromatic heterocycles. The van der Waals surface area contributed by atoms with E-state index >= 15 is 0 Å². The molecule has 0 radical (unpaired) electrons. The summed E-state index contributed by atoms with van der Waals surface area (Å²) in [5.41, 5.74) is -0.951. The predicted octanol–water partition coefficient (Wildman–Crippen LogP) is 0.0835. The summed E-state index contributed by atoms with van der Waals surface area (Å²) in [5.74, 6) is 0.427. The van der Waals surface area contributed by atoms with E-state index in [1.54, 1.807) is 7.05 Å². The van der Waals surface area contributed by atoms with Gasteiger partial charge in [0, 0.05) is 20.3 Å². The van der Waals surface area contributed by atoms with Crippen LogP contribution in [0.1, 0.15) is 18.7 Å². The Morgan fingerprint density at radius 3 is 2.94 bits per heavy atom. The molecule has 0 aliphatic carbocycles. The summed E-state index contributed by atoms with van der Waals surface area (Å²) < 4.78 is 5.21. The summed E-state index contributed by atoms with van der Waals surface area (Å²) in [5, 5.41) is 15.7. The molecule has 1 aromatic rings. The van der Waals surface area contributed by atoms with Crippen LogP contribution < -0.4 is 0 Å². The summed E-state index contributed by atoms with van der Waals surface area (Å²) in [7, 11) is 1.67. The van der Waals surface area contributed by atoms with Crippen LogP contribution in [0.2, 0.25) is 0 Å². The zero-order valence-electron chi connectivity index (χ0n) is 10.2. The van der Waals surface area contributed by atoms with Gasteiger partial charge in [0.25, 0.3) is 0 Å². The van der Waals surface area contributed by atoms with Crippen LogP contribution in [0.4, 0.5) is 0 Å². The molecule has 1 saturated heterocycles. The first kappa shape index (κ1) is 12.5. The summed E-state index contributed by atoms with van der Waals surface area (Å²) >= 11 is 0. The average molecular weight is 249 g/mol. The second kappa shape index (κ2) is 5.14. The van der Waals surface area contributed by atoms with Gasteiger partial charge in [-0.25, -0.2) is 4.98 Å². The topological polar surface area (TPSA) is 94.9 Å². The molecule has 96 valence electrons. The van der Waals surface area contributed by atoms with Crippen molar-refractivity contribution in [1.82, 2.24) is 20.1 Å². The van der Waals surface area contributed by atoms with E-state index in [-0.39, 0.29) is 5.91 Å². The molecular weight excluding hydrogens is 234 g/mol. The van der Waals surface area contributed by atoms with Crippen LogP contribution in [0, 0.1) is 16.7 Å². The number of aromatic nitrogens is 3. The number of nitrogens with one attached hydrogen (secondary N) is 1. The Morgan fingerprint density at radius 2 is 2.39 bits per heavy atom. The molecule has 2 rings (SSSR count). The van der Waals surface area contributed by atoms with Gasteiger partial charge in [-0.3, -0.25) is 9.89 Å². The molecule has 18 heavy (non-hydrogen) atoms. The van der Waals surface area contributed by atoms with E-state index in [1.807, 2.05) is 0 Å². The van der Waals surface area contributed by atoms with Crippen LogP contribution in [0.3, 0.4) is 0 Å². The number of aromatic amines is 1. The molecule has 2 heterocycles. The van der Waals surface area contributed by atoms with Crippen LogP contribution in [0.25, 0.3) is 0 Å². The summed E-state index contributed by atoms with van der Waals surface area (Å²) in [6, 6.07) is 2.16. The highest BCUT2D eigenvalue weighted by Gasteiger charge is 2.42. The van der Waals surface area contributed by atoms with Gasteiger partial charge in [0.1, 0.15) is 17.6 Å². The second-order valence-electron chi connectivity index (χ2n) is 4.40. The lowest BCUT2D eigenvalue weighted by Crippen LogP contribution is -2.44. The lowest BCUT2D eigenvalue weighted by Gasteiger charge is -2.32. The maximum absolute atomic E-state index is 12.4. The van der Waals surface area contributed by atoms with Crippen LogP contribution in [0.15, 0.2) is 6.33 Å². The van der Waals surface area contributed by atoms with Crippen molar-refractivity contribution in [2.24, 2.45) is 5.41 Å². The van der Waals surface area contributed by atoms with Gasteiger partial charge < -0.3 is 9.64 Å².